The Morgan fingerprint density at radius 3 is 2.73 bits per heavy atom. The summed E-state index contributed by atoms with van der Waals surface area (Å²) >= 11 is 5.84. The fraction of sp³-hybridized carbons (Fsp3) is 0.318. The van der Waals surface area contributed by atoms with Gasteiger partial charge in [0.05, 0.1) is 29.3 Å². The Balaban J connectivity index is 1.80. The van der Waals surface area contributed by atoms with Gasteiger partial charge in [-0.25, -0.2) is 28.5 Å². The van der Waals surface area contributed by atoms with Crippen molar-refractivity contribution in [1.29, 1.82) is 5.26 Å². The van der Waals surface area contributed by atoms with Gasteiger partial charge in [0.1, 0.15) is 11.2 Å². The van der Waals surface area contributed by atoms with Crippen LogP contribution in [0.3, 0.4) is 0 Å². The molecule has 4 rings (SSSR count). The van der Waals surface area contributed by atoms with Crippen molar-refractivity contribution in [1.82, 2.24) is 15.0 Å². The molecule has 0 spiro atoms. The van der Waals surface area contributed by atoms with Gasteiger partial charge < -0.3 is 15.3 Å². The minimum Gasteiger partial charge on any atom is -0.476 e. The van der Waals surface area contributed by atoms with Gasteiger partial charge in [-0.2, -0.15) is 5.26 Å². The van der Waals surface area contributed by atoms with Crippen LogP contribution in [0.5, 0.6) is 0 Å². The number of nitrogens with zero attached hydrogens (tertiary/aromatic N) is 5. The summed E-state index contributed by atoms with van der Waals surface area (Å²) in [5.74, 6) is -3.99. The van der Waals surface area contributed by atoms with E-state index in [1.165, 1.54) is 17.0 Å². The number of carboxylic acid groups (broad SMARTS) is 1. The number of carbonyl (C=O) groups is 1. The maximum absolute atomic E-state index is 13.8. The second-order valence-electron chi connectivity index (χ2n) is 7.96. The van der Waals surface area contributed by atoms with E-state index in [1.807, 2.05) is 19.1 Å². The normalized spacial score (nSPS) is 15.9. The van der Waals surface area contributed by atoms with E-state index >= 15 is 0 Å². The lowest BCUT2D eigenvalue weighted by Gasteiger charge is -2.22. The minimum absolute atomic E-state index is 0.0209. The lowest BCUT2D eigenvalue weighted by atomic mass is 10.0. The van der Waals surface area contributed by atoms with E-state index in [0.29, 0.717) is 16.6 Å². The van der Waals surface area contributed by atoms with Gasteiger partial charge in [-0.15, -0.1) is 0 Å². The van der Waals surface area contributed by atoms with Crippen molar-refractivity contribution >= 4 is 40.1 Å². The number of pyridine rings is 1. The van der Waals surface area contributed by atoms with Crippen molar-refractivity contribution in [2.75, 3.05) is 23.3 Å². The third kappa shape index (κ3) is 4.50. The molecule has 0 bridgehead atoms. The highest BCUT2D eigenvalue weighted by Gasteiger charge is 2.40. The summed E-state index contributed by atoms with van der Waals surface area (Å²) in [5.41, 5.74) is 2.39. The third-order valence-electron chi connectivity index (χ3n) is 5.40. The Morgan fingerprint density at radius 1 is 1.33 bits per heavy atom. The molecule has 1 fully saturated rings. The fourth-order valence-corrected chi connectivity index (χ4v) is 4.04. The molecule has 0 aliphatic carbocycles. The lowest BCUT2D eigenvalue weighted by Crippen LogP contribution is -2.26. The van der Waals surface area contributed by atoms with E-state index in [2.05, 4.69) is 20.3 Å². The number of aromatic nitrogens is 3. The maximum Gasteiger partial charge on any atom is 0.356 e. The first-order valence-corrected chi connectivity index (χ1v) is 10.5. The monoisotopic (exact) mass is 472 g/mol. The molecule has 1 saturated heterocycles. The molecule has 11 heteroatoms. The number of rotatable bonds is 5. The number of nitriles is 1. The van der Waals surface area contributed by atoms with Crippen molar-refractivity contribution < 1.29 is 18.7 Å². The van der Waals surface area contributed by atoms with E-state index in [9.17, 15) is 23.9 Å². The summed E-state index contributed by atoms with van der Waals surface area (Å²) in [7, 11) is 0. The molecular formula is C22H19ClF2N6O2. The van der Waals surface area contributed by atoms with Crippen LogP contribution >= 0.6 is 11.6 Å². The average Bonchev–Trinajstić information content (AvgIpc) is 3.12. The number of halogens is 3. The van der Waals surface area contributed by atoms with Crippen LogP contribution in [0.4, 0.5) is 20.3 Å². The number of hydrogen-bond acceptors (Lipinski definition) is 7. The number of benzene rings is 1. The summed E-state index contributed by atoms with van der Waals surface area (Å²) in [6, 6.07) is 8.11. The van der Waals surface area contributed by atoms with Crippen LogP contribution in [0.2, 0.25) is 5.15 Å². The maximum atomic E-state index is 13.8. The van der Waals surface area contributed by atoms with Crippen molar-refractivity contribution in [3.63, 3.8) is 0 Å². The van der Waals surface area contributed by atoms with Crippen molar-refractivity contribution in [3.05, 3.63) is 51.9 Å². The van der Waals surface area contributed by atoms with Crippen LogP contribution < -0.4 is 10.2 Å². The Bertz CT molecular complexity index is 1310. The van der Waals surface area contributed by atoms with Gasteiger partial charge in [-0.05, 0) is 37.6 Å². The molecule has 1 aromatic carbocycles. The van der Waals surface area contributed by atoms with Gasteiger partial charge in [0.25, 0.3) is 5.92 Å². The van der Waals surface area contributed by atoms with Crippen LogP contribution in [0.25, 0.3) is 11.0 Å². The second kappa shape index (κ2) is 8.41. The van der Waals surface area contributed by atoms with E-state index in [0.717, 1.165) is 5.56 Å². The molecular weight excluding hydrogens is 454 g/mol. The van der Waals surface area contributed by atoms with E-state index in [-0.39, 0.29) is 41.0 Å². The SMILES string of the molecule is Cc1cc([C@@H](C)Nc2ccc(Cl)nc2C(=O)O)c2nc(N3CCC(F)(F)C3)c(C#N)nc2c1. The van der Waals surface area contributed by atoms with Crippen molar-refractivity contribution in [2.45, 2.75) is 32.2 Å². The molecule has 0 radical (unpaired) electrons. The topological polar surface area (TPSA) is 115 Å². The molecule has 3 heterocycles. The molecule has 1 aliphatic heterocycles. The first-order valence-electron chi connectivity index (χ1n) is 10.1. The Hall–Kier alpha value is -3.58. The molecule has 0 unspecified atom stereocenters. The van der Waals surface area contributed by atoms with Crippen LogP contribution in [-0.4, -0.2) is 45.0 Å². The van der Waals surface area contributed by atoms with Gasteiger partial charge in [-0.3, -0.25) is 0 Å². The highest BCUT2D eigenvalue weighted by atomic mass is 35.5. The predicted molar refractivity (Wildman–Crippen MR) is 119 cm³/mol. The first kappa shape index (κ1) is 22.6. The van der Waals surface area contributed by atoms with E-state index in [4.69, 9.17) is 11.6 Å². The number of aryl methyl sites for hydroxylation is 1. The van der Waals surface area contributed by atoms with Gasteiger partial charge in [0.2, 0.25) is 0 Å². The molecule has 2 aromatic heterocycles. The molecule has 1 aliphatic rings. The van der Waals surface area contributed by atoms with Crippen LogP contribution in [-0.2, 0) is 0 Å². The molecule has 0 amide bonds. The number of anilines is 2. The van der Waals surface area contributed by atoms with Gasteiger partial charge in [0, 0.05) is 18.5 Å². The Morgan fingerprint density at radius 2 is 2.09 bits per heavy atom. The first-order chi connectivity index (χ1) is 15.6. The molecule has 1 atom stereocenters. The number of carboxylic acids is 1. The van der Waals surface area contributed by atoms with E-state index in [1.54, 1.807) is 13.0 Å². The minimum atomic E-state index is -2.86. The number of fused-ring (bicyclic) bond motifs is 1. The highest BCUT2D eigenvalue weighted by molar-refractivity contribution is 6.29. The predicted octanol–water partition coefficient (Wildman–Crippen LogP) is 4.58. The fourth-order valence-electron chi connectivity index (χ4n) is 3.89. The summed E-state index contributed by atoms with van der Waals surface area (Å²) in [4.78, 5) is 25.8. The van der Waals surface area contributed by atoms with Gasteiger partial charge >= 0.3 is 5.97 Å². The largest absolute Gasteiger partial charge is 0.476 e. The molecule has 0 saturated carbocycles. The van der Waals surface area contributed by atoms with Crippen molar-refractivity contribution in [2.24, 2.45) is 0 Å². The van der Waals surface area contributed by atoms with E-state index < -0.39 is 24.5 Å². The zero-order chi connectivity index (χ0) is 23.9. The number of aromatic carboxylic acids is 1. The van der Waals surface area contributed by atoms with Crippen LogP contribution in [0, 0.1) is 18.3 Å². The van der Waals surface area contributed by atoms with Gasteiger partial charge in [0.15, 0.2) is 17.2 Å². The van der Waals surface area contributed by atoms with Crippen LogP contribution in [0.15, 0.2) is 24.3 Å². The Kier molecular flexibility index (Phi) is 5.76. The average molecular weight is 473 g/mol. The molecule has 3 aromatic rings. The summed E-state index contributed by atoms with van der Waals surface area (Å²) in [6.07, 6.45) is -0.322. The number of alkyl halides is 2. The zero-order valence-corrected chi connectivity index (χ0v) is 18.5. The lowest BCUT2D eigenvalue weighted by molar-refractivity contribution is 0.0256. The van der Waals surface area contributed by atoms with Crippen molar-refractivity contribution in [3.8, 4) is 6.07 Å². The van der Waals surface area contributed by atoms with Gasteiger partial charge in [-0.1, -0.05) is 17.7 Å². The standard InChI is InChI=1S/C22H19ClF2N6O2/c1-11-7-13(12(2)27-14-3-4-17(23)29-19(14)21(32)33)18-15(8-11)28-16(9-26)20(30-18)31-6-5-22(24,25)10-31/h3-4,7-8,12,27H,5-6,10H2,1-2H3,(H,32,33)/t12-/m1/s1. The highest BCUT2D eigenvalue weighted by Crippen LogP contribution is 2.34. The molecule has 2 N–H and O–H groups in total. The van der Waals surface area contributed by atoms with Crippen LogP contribution in [0.1, 0.15) is 46.7 Å². The molecule has 170 valence electrons. The molecule has 8 nitrogen and oxygen atoms in total. The number of nitrogens with one attached hydrogen (secondary N) is 1. The quantitative estimate of drug-likeness (QED) is 0.519. The number of hydrogen-bond donors (Lipinski definition) is 2. The second-order valence-corrected chi connectivity index (χ2v) is 8.35. The smallest absolute Gasteiger partial charge is 0.356 e. The molecule has 33 heavy (non-hydrogen) atoms. The zero-order valence-electron chi connectivity index (χ0n) is 17.7. The Labute approximate surface area is 192 Å². The summed E-state index contributed by atoms with van der Waals surface area (Å²) in [6.45, 7) is 3.19. The summed E-state index contributed by atoms with van der Waals surface area (Å²) < 4.78 is 27.6. The summed E-state index contributed by atoms with van der Waals surface area (Å²) in [5, 5.41) is 22.2. The third-order valence-corrected chi connectivity index (χ3v) is 5.61.